The largest absolute Gasteiger partial charge is 0.507 e. The zero-order valence-electron chi connectivity index (χ0n) is 21.0. The second-order valence-electron chi connectivity index (χ2n) is 9.94. The van der Waals surface area contributed by atoms with Gasteiger partial charge in [0, 0.05) is 17.0 Å². The molecule has 5 heteroatoms. The molecule has 2 aromatic rings. The number of rotatable bonds is 7. The molecule has 1 N–H and O–H groups in total. The fourth-order valence-corrected chi connectivity index (χ4v) is 5.43. The second-order valence-corrected chi connectivity index (χ2v) is 9.94. The molecule has 5 nitrogen and oxygen atoms in total. The molecule has 1 aliphatic carbocycles. The topological polar surface area (TPSA) is 72.8 Å². The van der Waals surface area contributed by atoms with Crippen LogP contribution in [0.3, 0.4) is 0 Å². The van der Waals surface area contributed by atoms with Gasteiger partial charge in [0.15, 0.2) is 0 Å². The molecule has 0 bridgehead atoms. The number of benzene rings is 2. The summed E-state index contributed by atoms with van der Waals surface area (Å²) in [6, 6.07) is 10.7. The zero-order valence-corrected chi connectivity index (χ0v) is 21.0. The fourth-order valence-electron chi connectivity index (χ4n) is 5.43. The summed E-state index contributed by atoms with van der Waals surface area (Å²) in [6.07, 6.45) is 5.23. The first-order chi connectivity index (χ1) is 16.7. The summed E-state index contributed by atoms with van der Waals surface area (Å²) < 4.78 is 12.6. The van der Waals surface area contributed by atoms with Crippen LogP contribution in [0.25, 0.3) is 0 Å². The van der Waals surface area contributed by atoms with Gasteiger partial charge in [-0.2, -0.15) is 0 Å². The third kappa shape index (κ3) is 4.64. The quantitative estimate of drug-likeness (QED) is 0.355. The van der Waals surface area contributed by atoms with Crippen LogP contribution in [0, 0.1) is 5.92 Å². The molecule has 1 aliphatic heterocycles. The van der Waals surface area contributed by atoms with Crippen LogP contribution in [0.4, 0.5) is 0 Å². The maximum absolute atomic E-state index is 13.6. The van der Waals surface area contributed by atoms with Gasteiger partial charge in [-0.1, -0.05) is 67.5 Å². The van der Waals surface area contributed by atoms with Crippen LogP contribution in [0.1, 0.15) is 86.3 Å². The van der Waals surface area contributed by atoms with Gasteiger partial charge in [-0.05, 0) is 57.6 Å². The monoisotopic (exact) mass is 474 g/mol. The minimum absolute atomic E-state index is 0.0891. The Morgan fingerprint density at radius 1 is 1.20 bits per heavy atom. The Labute approximate surface area is 207 Å². The van der Waals surface area contributed by atoms with E-state index in [4.69, 9.17) is 9.47 Å². The van der Waals surface area contributed by atoms with Crippen molar-refractivity contribution in [2.45, 2.75) is 71.5 Å². The van der Waals surface area contributed by atoms with Gasteiger partial charge in [-0.3, -0.25) is 4.79 Å². The first-order valence-electron chi connectivity index (χ1n) is 12.4. The smallest absolute Gasteiger partial charge is 0.345 e. The Hall–Kier alpha value is -3.34. The minimum Gasteiger partial charge on any atom is -0.507 e. The van der Waals surface area contributed by atoms with E-state index in [9.17, 15) is 14.7 Å². The van der Waals surface area contributed by atoms with Crippen molar-refractivity contribution in [3.63, 3.8) is 0 Å². The van der Waals surface area contributed by atoms with Crippen molar-refractivity contribution in [3.05, 3.63) is 82.5 Å². The van der Waals surface area contributed by atoms with E-state index in [1.807, 2.05) is 32.0 Å². The van der Waals surface area contributed by atoms with Crippen LogP contribution >= 0.6 is 0 Å². The lowest BCUT2D eigenvalue weighted by atomic mass is 9.73. The normalized spacial score (nSPS) is 23.5. The third-order valence-electron chi connectivity index (χ3n) is 7.04. The molecule has 1 unspecified atom stereocenters. The van der Waals surface area contributed by atoms with Crippen LogP contribution < -0.4 is 4.74 Å². The van der Waals surface area contributed by atoms with Crippen molar-refractivity contribution in [1.29, 1.82) is 0 Å². The molecule has 35 heavy (non-hydrogen) atoms. The Balaban J connectivity index is 2.00. The molecule has 0 aromatic heterocycles. The van der Waals surface area contributed by atoms with Gasteiger partial charge in [0.05, 0.1) is 6.42 Å². The maximum Gasteiger partial charge on any atom is 0.345 e. The number of phenols is 1. The summed E-state index contributed by atoms with van der Waals surface area (Å²) in [7, 11) is 0. The van der Waals surface area contributed by atoms with E-state index >= 15 is 0 Å². The van der Waals surface area contributed by atoms with Gasteiger partial charge >= 0.3 is 5.97 Å². The molecular formula is C30H34O5. The van der Waals surface area contributed by atoms with E-state index in [-0.39, 0.29) is 29.8 Å². The van der Waals surface area contributed by atoms with E-state index < -0.39 is 11.8 Å². The SMILES string of the molecule is C=C(C)[C@@H]1CCC(C)=C[C@H]1c1c(O)cc(CCC)c2c1OC(CC(C)=O)(c1ccccc1)OC2=O. The molecule has 0 fully saturated rings. The number of fused-ring (bicyclic) bond motifs is 1. The maximum atomic E-state index is 13.6. The number of cyclic esters (lactones) is 1. The standard InChI is InChI=1S/C30H34O5/c1-6-10-21-16-25(32)27(24-15-19(4)13-14-23(24)18(2)3)28-26(21)29(33)35-30(34-28,17-20(5)31)22-11-8-7-9-12-22/h7-9,11-12,15-16,23-24,32H,2,6,10,13-14,17H2,1,3-5H3/t23-,24+,30?/m0/s1. The van der Waals surface area contributed by atoms with Crippen molar-refractivity contribution in [2.75, 3.05) is 0 Å². The highest BCUT2D eigenvalue weighted by Gasteiger charge is 2.48. The van der Waals surface area contributed by atoms with Crippen LogP contribution in [0.15, 0.2) is 60.2 Å². The number of ether oxygens (including phenoxy) is 2. The Morgan fingerprint density at radius 2 is 1.91 bits per heavy atom. The molecule has 4 rings (SSSR count). The van der Waals surface area contributed by atoms with Gasteiger partial charge in [-0.25, -0.2) is 4.79 Å². The molecular weight excluding hydrogens is 440 g/mol. The van der Waals surface area contributed by atoms with Crippen LogP contribution in [-0.2, 0) is 21.7 Å². The summed E-state index contributed by atoms with van der Waals surface area (Å²) >= 11 is 0. The van der Waals surface area contributed by atoms with E-state index in [1.165, 1.54) is 12.5 Å². The number of phenolic OH excluding ortho intramolecular Hbond substituents is 1. The number of hydrogen-bond acceptors (Lipinski definition) is 5. The summed E-state index contributed by atoms with van der Waals surface area (Å²) in [6.45, 7) is 11.8. The molecule has 0 saturated carbocycles. The lowest BCUT2D eigenvalue weighted by Crippen LogP contribution is -2.44. The fraction of sp³-hybridized carbons (Fsp3) is 0.400. The molecule has 1 heterocycles. The Kier molecular flexibility index (Phi) is 6.88. The van der Waals surface area contributed by atoms with Crippen LogP contribution in [0.5, 0.6) is 11.5 Å². The van der Waals surface area contributed by atoms with E-state index in [0.717, 1.165) is 24.8 Å². The Morgan fingerprint density at radius 3 is 2.54 bits per heavy atom. The Bertz CT molecular complexity index is 1190. The van der Waals surface area contributed by atoms with Crippen molar-refractivity contribution in [3.8, 4) is 11.5 Å². The molecule has 2 aliphatic rings. The van der Waals surface area contributed by atoms with Crippen LogP contribution in [0.2, 0.25) is 0 Å². The average molecular weight is 475 g/mol. The molecule has 2 aromatic carbocycles. The number of esters is 1. The molecule has 0 saturated heterocycles. The molecule has 0 amide bonds. The summed E-state index contributed by atoms with van der Waals surface area (Å²) in [4.78, 5) is 26.0. The molecule has 184 valence electrons. The summed E-state index contributed by atoms with van der Waals surface area (Å²) in [5.74, 6) is -2.02. The van der Waals surface area contributed by atoms with Gasteiger partial charge in [-0.15, -0.1) is 0 Å². The van der Waals surface area contributed by atoms with Crippen molar-refractivity contribution < 1.29 is 24.2 Å². The number of allylic oxidation sites excluding steroid dienone is 3. The molecule has 3 atom stereocenters. The number of ketones is 1. The zero-order chi connectivity index (χ0) is 25.3. The number of hydrogen-bond donors (Lipinski definition) is 1. The van der Waals surface area contributed by atoms with Crippen molar-refractivity contribution >= 4 is 11.8 Å². The highest BCUT2D eigenvalue weighted by molar-refractivity contribution is 5.97. The van der Waals surface area contributed by atoms with Crippen molar-refractivity contribution in [1.82, 2.24) is 0 Å². The predicted molar refractivity (Wildman–Crippen MR) is 136 cm³/mol. The lowest BCUT2D eigenvalue weighted by molar-refractivity contribution is -0.172. The summed E-state index contributed by atoms with van der Waals surface area (Å²) in [5.41, 5.74) is 4.39. The average Bonchev–Trinajstić information content (AvgIpc) is 2.79. The third-order valence-corrected chi connectivity index (χ3v) is 7.04. The highest BCUT2D eigenvalue weighted by Crippen LogP contribution is 2.52. The van der Waals surface area contributed by atoms with Gasteiger partial charge < -0.3 is 14.6 Å². The number of carbonyl (C=O) groups is 2. The lowest BCUT2D eigenvalue weighted by Gasteiger charge is -2.40. The van der Waals surface area contributed by atoms with E-state index in [2.05, 4.69) is 19.6 Å². The molecule has 0 spiro atoms. The molecule has 0 radical (unpaired) electrons. The first kappa shape index (κ1) is 24.8. The number of aromatic hydroxyl groups is 1. The number of Topliss-reactive ketones (excluding diaryl/α,β-unsaturated/α-hetero) is 1. The van der Waals surface area contributed by atoms with Crippen molar-refractivity contribution in [2.24, 2.45) is 5.92 Å². The number of carbonyl (C=O) groups excluding carboxylic acids is 2. The first-order valence-corrected chi connectivity index (χ1v) is 12.4. The second kappa shape index (κ2) is 9.73. The van der Waals surface area contributed by atoms with E-state index in [0.29, 0.717) is 34.4 Å². The minimum atomic E-state index is -1.60. The van der Waals surface area contributed by atoms with Gasteiger partial charge in [0.25, 0.3) is 5.79 Å². The van der Waals surface area contributed by atoms with Gasteiger partial charge in [0.2, 0.25) is 0 Å². The summed E-state index contributed by atoms with van der Waals surface area (Å²) in [5, 5.41) is 11.4. The predicted octanol–water partition coefficient (Wildman–Crippen LogP) is 6.74. The van der Waals surface area contributed by atoms with E-state index in [1.54, 1.807) is 18.2 Å². The highest BCUT2D eigenvalue weighted by atomic mass is 16.7. The number of aryl methyl sites for hydroxylation is 1. The van der Waals surface area contributed by atoms with Crippen LogP contribution in [-0.4, -0.2) is 16.9 Å². The van der Waals surface area contributed by atoms with Gasteiger partial charge in [0.1, 0.15) is 22.8 Å².